The van der Waals surface area contributed by atoms with Gasteiger partial charge < -0.3 is 14.7 Å². The van der Waals surface area contributed by atoms with Gasteiger partial charge in [0, 0.05) is 35.7 Å². The lowest BCUT2D eigenvalue weighted by atomic mass is 10.0. The van der Waals surface area contributed by atoms with Gasteiger partial charge in [-0.15, -0.1) is 0 Å². The van der Waals surface area contributed by atoms with E-state index in [1.54, 1.807) is 17.0 Å². The first-order valence-electron chi connectivity index (χ1n) is 7.93. The topological polar surface area (TPSA) is 62.7 Å². The van der Waals surface area contributed by atoms with Gasteiger partial charge in [0.2, 0.25) is 5.88 Å². The largest absolute Gasteiger partial charge is 0.439 e. The predicted octanol–water partition coefficient (Wildman–Crippen LogP) is 3.48. The fourth-order valence-electron chi connectivity index (χ4n) is 2.82. The molecular weight excluding hydrogens is 372 g/mol. The van der Waals surface area contributed by atoms with Crippen molar-refractivity contribution in [3.8, 4) is 11.6 Å². The highest BCUT2D eigenvalue weighted by Gasteiger charge is 2.33. The molecule has 0 aliphatic carbocycles. The number of ether oxygens (including phenoxy) is 1. The van der Waals surface area contributed by atoms with Gasteiger partial charge in [0.25, 0.3) is 5.91 Å². The number of aliphatic hydroxyl groups is 1. The maximum absolute atomic E-state index is 12.5. The molecule has 1 aliphatic rings. The van der Waals surface area contributed by atoms with E-state index in [0.717, 1.165) is 10.9 Å². The molecular formula is C18H19BrN2O3. The van der Waals surface area contributed by atoms with Gasteiger partial charge in [-0.2, -0.15) is 0 Å². The number of β-amino-alcohol motifs (C(OH)–C–C–N with tert-alkyl or cyclic N) is 1. The number of aromatic nitrogens is 1. The van der Waals surface area contributed by atoms with Crippen molar-refractivity contribution >= 4 is 21.8 Å². The Morgan fingerprint density at radius 3 is 2.83 bits per heavy atom. The highest BCUT2D eigenvalue weighted by molar-refractivity contribution is 9.10. The van der Waals surface area contributed by atoms with Crippen molar-refractivity contribution in [2.24, 2.45) is 5.92 Å². The number of carbonyl (C=O) groups excluding carboxylic acids is 1. The molecule has 1 saturated heterocycles. The Kier molecular flexibility index (Phi) is 5.16. The molecule has 1 aromatic carbocycles. The van der Waals surface area contributed by atoms with Crippen LogP contribution in [0.1, 0.15) is 23.7 Å². The molecule has 1 aromatic heterocycles. The SMILES string of the molecule is CC[C@@H]1CN(C(=O)c2ccc(Oc3cccc(Br)c3)nc2)C[C@@H]1O. The van der Waals surface area contributed by atoms with Crippen molar-refractivity contribution in [1.82, 2.24) is 9.88 Å². The van der Waals surface area contributed by atoms with Crippen LogP contribution in [0.4, 0.5) is 0 Å². The van der Waals surface area contributed by atoms with Crippen molar-refractivity contribution in [3.05, 3.63) is 52.6 Å². The number of pyridine rings is 1. The molecule has 2 heterocycles. The lowest BCUT2D eigenvalue weighted by Crippen LogP contribution is -2.29. The van der Waals surface area contributed by atoms with Gasteiger partial charge in [-0.3, -0.25) is 4.79 Å². The molecule has 1 aliphatic heterocycles. The first-order chi connectivity index (χ1) is 11.6. The third-order valence-electron chi connectivity index (χ3n) is 4.22. The van der Waals surface area contributed by atoms with Gasteiger partial charge in [0.1, 0.15) is 5.75 Å². The molecule has 1 fully saturated rings. The van der Waals surface area contributed by atoms with Crippen molar-refractivity contribution in [3.63, 3.8) is 0 Å². The Morgan fingerprint density at radius 1 is 1.38 bits per heavy atom. The number of hydrogen-bond donors (Lipinski definition) is 1. The minimum atomic E-state index is -0.439. The molecule has 0 unspecified atom stereocenters. The summed E-state index contributed by atoms with van der Waals surface area (Å²) in [6.07, 6.45) is 1.94. The molecule has 126 valence electrons. The Balaban J connectivity index is 1.67. The molecule has 0 radical (unpaired) electrons. The highest BCUT2D eigenvalue weighted by Crippen LogP contribution is 2.24. The van der Waals surface area contributed by atoms with E-state index in [2.05, 4.69) is 20.9 Å². The molecule has 1 amide bonds. The molecule has 24 heavy (non-hydrogen) atoms. The Bertz CT molecular complexity index is 720. The predicted molar refractivity (Wildman–Crippen MR) is 94.1 cm³/mol. The van der Waals surface area contributed by atoms with E-state index in [9.17, 15) is 9.90 Å². The fraction of sp³-hybridized carbons (Fsp3) is 0.333. The molecule has 1 N–H and O–H groups in total. The number of hydrogen-bond acceptors (Lipinski definition) is 4. The number of aliphatic hydroxyl groups excluding tert-OH is 1. The zero-order valence-corrected chi connectivity index (χ0v) is 14.9. The molecule has 0 bridgehead atoms. The quantitative estimate of drug-likeness (QED) is 0.867. The lowest BCUT2D eigenvalue weighted by Gasteiger charge is -2.15. The summed E-state index contributed by atoms with van der Waals surface area (Å²) in [7, 11) is 0. The van der Waals surface area contributed by atoms with Crippen LogP contribution in [0.2, 0.25) is 0 Å². The average molecular weight is 391 g/mol. The minimum Gasteiger partial charge on any atom is -0.439 e. The number of halogens is 1. The minimum absolute atomic E-state index is 0.105. The molecule has 5 nitrogen and oxygen atoms in total. The molecule has 3 rings (SSSR count). The standard InChI is InChI=1S/C18H19BrN2O3/c1-2-12-10-21(11-16(12)22)18(23)13-6-7-17(20-9-13)24-15-5-3-4-14(19)8-15/h3-9,12,16,22H,2,10-11H2,1H3/t12-,16+/m1/s1. The van der Waals surface area contributed by atoms with Crippen molar-refractivity contribution in [2.75, 3.05) is 13.1 Å². The molecule has 0 saturated carbocycles. The van der Waals surface area contributed by atoms with Gasteiger partial charge in [-0.05, 0) is 30.7 Å². The molecule has 2 atom stereocenters. The van der Waals surface area contributed by atoms with Crippen LogP contribution in [0.15, 0.2) is 47.1 Å². The van der Waals surface area contributed by atoms with Gasteiger partial charge in [-0.1, -0.05) is 28.9 Å². The van der Waals surface area contributed by atoms with E-state index in [-0.39, 0.29) is 11.8 Å². The average Bonchev–Trinajstić information content (AvgIpc) is 2.96. The first-order valence-corrected chi connectivity index (χ1v) is 8.73. The summed E-state index contributed by atoms with van der Waals surface area (Å²) in [6, 6.07) is 10.8. The Morgan fingerprint density at radius 2 is 2.21 bits per heavy atom. The zero-order chi connectivity index (χ0) is 17.1. The second-order valence-electron chi connectivity index (χ2n) is 5.89. The second-order valence-corrected chi connectivity index (χ2v) is 6.81. The number of rotatable bonds is 4. The maximum atomic E-state index is 12.5. The monoisotopic (exact) mass is 390 g/mol. The summed E-state index contributed by atoms with van der Waals surface area (Å²) < 4.78 is 6.59. The summed E-state index contributed by atoms with van der Waals surface area (Å²) in [4.78, 5) is 18.4. The third-order valence-corrected chi connectivity index (χ3v) is 4.71. The molecule has 6 heteroatoms. The van der Waals surface area contributed by atoms with Crippen LogP contribution in [0.3, 0.4) is 0 Å². The number of carbonyl (C=O) groups is 1. The summed E-state index contributed by atoms with van der Waals surface area (Å²) >= 11 is 3.39. The van der Waals surface area contributed by atoms with E-state index in [1.807, 2.05) is 31.2 Å². The number of nitrogens with zero attached hydrogens (tertiary/aromatic N) is 2. The van der Waals surface area contributed by atoms with E-state index in [4.69, 9.17) is 4.74 Å². The number of amides is 1. The summed E-state index contributed by atoms with van der Waals surface area (Å²) in [6.45, 7) is 3.00. The van der Waals surface area contributed by atoms with Crippen LogP contribution in [-0.4, -0.2) is 40.1 Å². The maximum Gasteiger partial charge on any atom is 0.255 e. The molecule has 0 spiro atoms. The van der Waals surface area contributed by atoms with E-state index in [0.29, 0.717) is 30.3 Å². The van der Waals surface area contributed by atoms with E-state index in [1.165, 1.54) is 6.20 Å². The summed E-state index contributed by atoms with van der Waals surface area (Å²) in [5.41, 5.74) is 0.501. The lowest BCUT2D eigenvalue weighted by molar-refractivity contribution is 0.0764. The zero-order valence-electron chi connectivity index (χ0n) is 13.4. The normalized spacial score (nSPS) is 20.2. The van der Waals surface area contributed by atoms with E-state index >= 15 is 0 Å². The van der Waals surface area contributed by atoms with Gasteiger partial charge >= 0.3 is 0 Å². The summed E-state index contributed by atoms with van der Waals surface area (Å²) in [5, 5.41) is 9.95. The van der Waals surface area contributed by atoms with Crippen LogP contribution in [0, 0.1) is 5.92 Å². The van der Waals surface area contributed by atoms with Crippen LogP contribution in [-0.2, 0) is 0 Å². The van der Waals surface area contributed by atoms with Crippen LogP contribution in [0.5, 0.6) is 11.6 Å². The highest BCUT2D eigenvalue weighted by atomic mass is 79.9. The Hall–Kier alpha value is -1.92. The Labute approximate surface area is 149 Å². The second kappa shape index (κ2) is 7.32. The van der Waals surface area contributed by atoms with Crippen molar-refractivity contribution < 1.29 is 14.6 Å². The van der Waals surface area contributed by atoms with Gasteiger partial charge in [-0.25, -0.2) is 4.98 Å². The smallest absolute Gasteiger partial charge is 0.255 e. The first kappa shape index (κ1) is 16.9. The van der Waals surface area contributed by atoms with Crippen molar-refractivity contribution in [2.45, 2.75) is 19.4 Å². The third kappa shape index (κ3) is 3.76. The fourth-order valence-corrected chi connectivity index (χ4v) is 3.20. The van der Waals surface area contributed by atoms with Gasteiger partial charge in [0.15, 0.2) is 0 Å². The van der Waals surface area contributed by atoms with Crippen molar-refractivity contribution in [1.29, 1.82) is 0 Å². The number of benzene rings is 1. The van der Waals surface area contributed by atoms with Crippen LogP contribution >= 0.6 is 15.9 Å². The van der Waals surface area contributed by atoms with Crippen LogP contribution < -0.4 is 4.74 Å². The summed E-state index contributed by atoms with van der Waals surface area (Å²) in [5.74, 6) is 1.15. The van der Waals surface area contributed by atoms with E-state index < -0.39 is 6.10 Å². The van der Waals surface area contributed by atoms with Gasteiger partial charge in [0.05, 0.1) is 11.7 Å². The number of likely N-dealkylation sites (tertiary alicyclic amines) is 1. The molecule has 2 aromatic rings. The van der Waals surface area contributed by atoms with Crippen LogP contribution in [0.25, 0.3) is 0 Å².